The van der Waals surface area contributed by atoms with Gasteiger partial charge in [0.1, 0.15) is 11.6 Å². The Hall–Kier alpha value is -3.22. The monoisotopic (exact) mass is 353 g/mol. The molecule has 2 aromatic carbocycles. The van der Waals surface area contributed by atoms with Crippen molar-refractivity contribution < 1.29 is 18.4 Å². The van der Waals surface area contributed by atoms with E-state index >= 15 is 0 Å². The van der Waals surface area contributed by atoms with Crippen molar-refractivity contribution in [3.05, 3.63) is 48.3 Å². The van der Waals surface area contributed by atoms with Crippen LogP contribution in [0.25, 0.3) is 22.8 Å². The first-order valence-electron chi connectivity index (χ1n) is 8.33. The van der Waals surface area contributed by atoms with E-state index in [1.54, 1.807) is 23.1 Å². The molecule has 0 bridgehead atoms. The van der Waals surface area contributed by atoms with Crippen molar-refractivity contribution >= 4 is 11.6 Å². The maximum absolute atomic E-state index is 13.1. The number of fused-ring (bicyclic) bond motifs is 1. The predicted molar refractivity (Wildman–Crippen MR) is 93.3 cm³/mol. The summed E-state index contributed by atoms with van der Waals surface area (Å²) in [6, 6.07) is 11.3. The summed E-state index contributed by atoms with van der Waals surface area (Å²) in [5, 5.41) is 4.00. The fraction of sp³-hybridized carbons (Fsp3) is 0.211. The lowest BCUT2D eigenvalue weighted by Crippen LogP contribution is -2.39. The fourth-order valence-electron chi connectivity index (χ4n) is 2.86. The van der Waals surface area contributed by atoms with Crippen LogP contribution < -0.4 is 9.64 Å². The number of hydrogen-bond donors (Lipinski definition) is 0. The molecule has 3 aromatic rings. The van der Waals surface area contributed by atoms with E-state index in [1.165, 1.54) is 12.1 Å². The fourth-order valence-corrected chi connectivity index (χ4v) is 2.86. The van der Waals surface area contributed by atoms with E-state index in [2.05, 4.69) is 10.1 Å². The Bertz CT molecular complexity index is 953. The van der Waals surface area contributed by atoms with Crippen LogP contribution in [0.1, 0.15) is 13.3 Å². The smallest absolute Gasteiger partial charge is 0.265 e. The maximum Gasteiger partial charge on any atom is 0.265 e. The minimum atomic E-state index is -0.330. The number of halogens is 1. The molecule has 7 heteroatoms. The van der Waals surface area contributed by atoms with Gasteiger partial charge in [0.2, 0.25) is 5.82 Å². The van der Waals surface area contributed by atoms with E-state index in [9.17, 15) is 9.18 Å². The topological polar surface area (TPSA) is 68.5 Å². The van der Waals surface area contributed by atoms with Gasteiger partial charge in [-0.3, -0.25) is 4.79 Å². The summed E-state index contributed by atoms with van der Waals surface area (Å²) in [5.41, 5.74) is 2.04. The zero-order chi connectivity index (χ0) is 18.1. The average Bonchev–Trinajstić information content (AvgIpc) is 3.14. The van der Waals surface area contributed by atoms with Crippen LogP contribution in [0.2, 0.25) is 0 Å². The van der Waals surface area contributed by atoms with Crippen LogP contribution in [-0.2, 0) is 4.79 Å². The summed E-state index contributed by atoms with van der Waals surface area (Å²) >= 11 is 0. The number of aromatic nitrogens is 2. The van der Waals surface area contributed by atoms with Gasteiger partial charge in [0.25, 0.3) is 11.8 Å². The third kappa shape index (κ3) is 2.92. The Morgan fingerprint density at radius 2 is 1.92 bits per heavy atom. The van der Waals surface area contributed by atoms with Gasteiger partial charge in [-0.1, -0.05) is 12.1 Å². The standard InChI is InChI=1S/C19H16FN3O3/c1-2-9-23-15-10-13(5-8-16(15)25-11-17(23)24)18-21-19(26-22-18)12-3-6-14(20)7-4-12/h3-8,10H,2,9,11H2,1H3. The Morgan fingerprint density at radius 3 is 2.69 bits per heavy atom. The van der Waals surface area contributed by atoms with Crippen LogP contribution >= 0.6 is 0 Å². The van der Waals surface area contributed by atoms with Crippen molar-refractivity contribution in [3.8, 4) is 28.6 Å². The second-order valence-corrected chi connectivity index (χ2v) is 5.95. The van der Waals surface area contributed by atoms with E-state index < -0.39 is 0 Å². The molecular formula is C19H16FN3O3. The minimum Gasteiger partial charge on any atom is -0.482 e. The molecule has 2 heterocycles. The number of carbonyl (C=O) groups excluding carboxylic acids is 1. The van der Waals surface area contributed by atoms with Crippen molar-refractivity contribution in [2.24, 2.45) is 0 Å². The lowest BCUT2D eigenvalue weighted by atomic mass is 10.1. The summed E-state index contributed by atoms with van der Waals surface area (Å²) in [4.78, 5) is 18.2. The summed E-state index contributed by atoms with van der Waals surface area (Å²) in [7, 11) is 0. The highest BCUT2D eigenvalue weighted by Gasteiger charge is 2.25. The van der Waals surface area contributed by atoms with Gasteiger partial charge in [0.05, 0.1) is 5.69 Å². The molecule has 0 saturated heterocycles. The van der Waals surface area contributed by atoms with E-state index in [4.69, 9.17) is 9.26 Å². The van der Waals surface area contributed by atoms with Gasteiger partial charge in [-0.15, -0.1) is 0 Å². The molecule has 0 radical (unpaired) electrons. The summed E-state index contributed by atoms with van der Waals surface area (Å²) < 4.78 is 23.8. The van der Waals surface area contributed by atoms with E-state index in [0.717, 1.165) is 6.42 Å². The second kappa shape index (κ2) is 6.59. The summed E-state index contributed by atoms with van der Waals surface area (Å²) in [5.74, 6) is 0.946. The lowest BCUT2D eigenvalue weighted by Gasteiger charge is -2.29. The largest absolute Gasteiger partial charge is 0.482 e. The molecule has 1 aromatic heterocycles. The number of nitrogens with zero attached hydrogens (tertiary/aromatic N) is 3. The highest BCUT2D eigenvalue weighted by molar-refractivity contribution is 5.98. The first-order chi connectivity index (χ1) is 12.7. The molecule has 0 fully saturated rings. The molecular weight excluding hydrogens is 337 g/mol. The molecule has 132 valence electrons. The molecule has 0 aliphatic carbocycles. The number of hydrogen-bond acceptors (Lipinski definition) is 5. The van der Waals surface area contributed by atoms with Crippen LogP contribution in [0.4, 0.5) is 10.1 Å². The Balaban J connectivity index is 1.69. The van der Waals surface area contributed by atoms with Crippen LogP contribution in [0.3, 0.4) is 0 Å². The van der Waals surface area contributed by atoms with Crippen molar-refractivity contribution in [1.82, 2.24) is 10.1 Å². The van der Waals surface area contributed by atoms with Crippen LogP contribution in [0, 0.1) is 5.82 Å². The maximum atomic E-state index is 13.1. The molecule has 1 amide bonds. The number of carbonyl (C=O) groups is 1. The van der Waals surface area contributed by atoms with Crippen LogP contribution in [0.15, 0.2) is 47.0 Å². The Morgan fingerprint density at radius 1 is 1.15 bits per heavy atom. The van der Waals surface area contributed by atoms with E-state index in [-0.39, 0.29) is 18.3 Å². The third-order valence-electron chi connectivity index (χ3n) is 4.12. The average molecular weight is 353 g/mol. The molecule has 1 aliphatic rings. The number of rotatable bonds is 4. The van der Waals surface area contributed by atoms with Crippen molar-refractivity contribution in [2.45, 2.75) is 13.3 Å². The van der Waals surface area contributed by atoms with Gasteiger partial charge in [0, 0.05) is 17.7 Å². The third-order valence-corrected chi connectivity index (χ3v) is 4.12. The number of anilines is 1. The normalized spacial score (nSPS) is 13.5. The van der Waals surface area contributed by atoms with Crippen LogP contribution in [0.5, 0.6) is 5.75 Å². The van der Waals surface area contributed by atoms with Crippen molar-refractivity contribution in [2.75, 3.05) is 18.1 Å². The minimum absolute atomic E-state index is 0.0449. The zero-order valence-corrected chi connectivity index (χ0v) is 14.1. The van der Waals surface area contributed by atoms with Crippen molar-refractivity contribution in [3.63, 3.8) is 0 Å². The molecule has 0 N–H and O–H groups in total. The SMILES string of the molecule is CCCN1C(=O)COc2ccc(-c3noc(-c4ccc(F)cc4)n3)cc21. The molecule has 4 rings (SSSR count). The summed E-state index contributed by atoms with van der Waals surface area (Å²) in [6.45, 7) is 2.68. The predicted octanol–water partition coefficient (Wildman–Crippen LogP) is 3.68. The number of ether oxygens (including phenoxy) is 1. The molecule has 0 spiro atoms. The quantitative estimate of drug-likeness (QED) is 0.716. The van der Waals surface area contributed by atoms with E-state index in [1.807, 2.05) is 19.1 Å². The molecule has 0 unspecified atom stereocenters. The van der Waals surface area contributed by atoms with Crippen molar-refractivity contribution in [1.29, 1.82) is 0 Å². The van der Waals surface area contributed by atoms with Crippen LogP contribution in [-0.4, -0.2) is 29.2 Å². The molecule has 1 aliphatic heterocycles. The van der Waals surface area contributed by atoms with E-state index in [0.29, 0.717) is 40.8 Å². The Labute approximate surface area is 149 Å². The van der Waals surface area contributed by atoms with Gasteiger partial charge in [0.15, 0.2) is 6.61 Å². The Kier molecular flexibility index (Phi) is 4.12. The first kappa shape index (κ1) is 16.3. The number of amides is 1. The van der Waals surface area contributed by atoms with Gasteiger partial charge >= 0.3 is 0 Å². The van der Waals surface area contributed by atoms with Gasteiger partial charge < -0.3 is 14.2 Å². The first-order valence-corrected chi connectivity index (χ1v) is 8.33. The van der Waals surface area contributed by atoms with Gasteiger partial charge in [-0.05, 0) is 48.9 Å². The highest BCUT2D eigenvalue weighted by Crippen LogP contribution is 2.36. The lowest BCUT2D eigenvalue weighted by molar-refractivity contribution is -0.121. The molecule has 0 atom stereocenters. The molecule has 0 saturated carbocycles. The highest BCUT2D eigenvalue weighted by atomic mass is 19.1. The zero-order valence-electron chi connectivity index (χ0n) is 14.1. The second-order valence-electron chi connectivity index (χ2n) is 5.95. The van der Waals surface area contributed by atoms with Gasteiger partial charge in [-0.25, -0.2) is 4.39 Å². The van der Waals surface area contributed by atoms with Gasteiger partial charge in [-0.2, -0.15) is 4.98 Å². The number of benzene rings is 2. The molecule has 6 nitrogen and oxygen atoms in total. The molecule has 26 heavy (non-hydrogen) atoms. The summed E-state index contributed by atoms with van der Waals surface area (Å²) in [6.07, 6.45) is 0.840.